The summed E-state index contributed by atoms with van der Waals surface area (Å²) in [6.07, 6.45) is 0. The summed E-state index contributed by atoms with van der Waals surface area (Å²) in [6.45, 7) is 9.29. The molecule has 0 aliphatic rings. The summed E-state index contributed by atoms with van der Waals surface area (Å²) < 4.78 is 1.97. The van der Waals surface area contributed by atoms with Gasteiger partial charge in [-0.3, -0.25) is 19.2 Å². The summed E-state index contributed by atoms with van der Waals surface area (Å²) in [5, 5.41) is 10.4. The Labute approximate surface area is 167 Å². The first kappa shape index (κ1) is 21.6. The van der Waals surface area contributed by atoms with Crippen molar-refractivity contribution in [1.29, 1.82) is 0 Å². The predicted octanol–water partition coefficient (Wildman–Crippen LogP) is 1.62. The first-order valence-corrected chi connectivity index (χ1v) is 9.57. The lowest BCUT2D eigenvalue weighted by molar-refractivity contribution is -0.124. The molecule has 0 spiro atoms. The van der Waals surface area contributed by atoms with Gasteiger partial charge in [-0.15, -0.1) is 0 Å². The fraction of sp³-hybridized carbons (Fsp3) is 0.476. The van der Waals surface area contributed by atoms with Crippen molar-refractivity contribution in [2.75, 3.05) is 20.1 Å². The van der Waals surface area contributed by atoms with Crippen LogP contribution in [0.1, 0.15) is 36.4 Å². The van der Waals surface area contributed by atoms with Gasteiger partial charge in [0.05, 0.1) is 25.3 Å². The Morgan fingerprint density at radius 1 is 1.11 bits per heavy atom. The molecule has 152 valence electrons. The lowest BCUT2D eigenvalue weighted by Gasteiger charge is -2.17. The molecule has 0 bridgehead atoms. The van der Waals surface area contributed by atoms with Gasteiger partial charge in [-0.2, -0.15) is 5.10 Å². The van der Waals surface area contributed by atoms with E-state index in [-0.39, 0.29) is 30.9 Å². The molecule has 0 saturated heterocycles. The van der Waals surface area contributed by atoms with Crippen LogP contribution in [0.15, 0.2) is 30.3 Å². The molecule has 0 unspecified atom stereocenters. The summed E-state index contributed by atoms with van der Waals surface area (Å²) in [4.78, 5) is 25.7. The van der Waals surface area contributed by atoms with Gasteiger partial charge in [-0.05, 0) is 40.3 Å². The van der Waals surface area contributed by atoms with Gasteiger partial charge in [-0.25, -0.2) is 0 Å². The van der Waals surface area contributed by atoms with Gasteiger partial charge in [0.15, 0.2) is 0 Å². The minimum Gasteiger partial charge on any atom is -0.353 e. The smallest absolute Gasteiger partial charge is 0.234 e. The summed E-state index contributed by atoms with van der Waals surface area (Å²) in [7, 11) is 1.76. The van der Waals surface area contributed by atoms with Crippen LogP contribution in [0.25, 0.3) is 0 Å². The Bertz CT molecular complexity index is 799. The highest BCUT2D eigenvalue weighted by Crippen LogP contribution is 2.14. The van der Waals surface area contributed by atoms with Gasteiger partial charge in [-0.1, -0.05) is 30.3 Å². The van der Waals surface area contributed by atoms with Crippen LogP contribution < -0.4 is 10.6 Å². The molecule has 1 aromatic carbocycles. The van der Waals surface area contributed by atoms with Crippen LogP contribution in [0.2, 0.25) is 0 Å². The van der Waals surface area contributed by atoms with Crippen molar-refractivity contribution in [3.05, 3.63) is 52.8 Å². The third-order valence-electron chi connectivity index (χ3n) is 4.45. The molecule has 7 nitrogen and oxygen atoms in total. The Kier molecular flexibility index (Phi) is 7.75. The molecule has 0 saturated carbocycles. The molecule has 0 aliphatic heterocycles. The summed E-state index contributed by atoms with van der Waals surface area (Å²) in [6, 6.07) is 10.3. The van der Waals surface area contributed by atoms with Crippen LogP contribution in [0.5, 0.6) is 0 Å². The number of likely N-dealkylation sites (N-methyl/N-ethyl adjacent to an activating group) is 1. The number of aromatic nitrogens is 2. The summed E-state index contributed by atoms with van der Waals surface area (Å²) in [5.41, 5.74) is 4.18. The van der Waals surface area contributed by atoms with Crippen molar-refractivity contribution < 1.29 is 9.59 Å². The van der Waals surface area contributed by atoms with Gasteiger partial charge in [0.25, 0.3) is 0 Å². The van der Waals surface area contributed by atoms with Crippen LogP contribution in [0.4, 0.5) is 0 Å². The zero-order chi connectivity index (χ0) is 20.7. The normalized spacial score (nSPS) is 11.1. The van der Waals surface area contributed by atoms with E-state index in [1.807, 2.05) is 50.6 Å². The molecule has 2 amide bonds. The molecule has 2 rings (SSSR count). The highest BCUT2D eigenvalue weighted by atomic mass is 16.2. The van der Waals surface area contributed by atoms with Crippen molar-refractivity contribution in [2.24, 2.45) is 0 Å². The largest absolute Gasteiger partial charge is 0.353 e. The highest BCUT2D eigenvalue weighted by Gasteiger charge is 2.15. The summed E-state index contributed by atoms with van der Waals surface area (Å²) in [5.74, 6) is -0.200. The zero-order valence-corrected chi connectivity index (χ0v) is 17.5. The maximum atomic E-state index is 12.2. The number of rotatable bonds is 9. The average Bonchev–Trinajstić information content (AvgIpc) is 2.86. The standard InChI is InChI=1S/C21H31N5O2/c1-15(2)23-21(28)14-25(5)13-20(27)22-11-19-16(3)24-26(17(19)4)12-18-9-7-6-8-10-18/h6-10,15H,11-14H2,1-5H3,(H,22,27)(H,23,28). The van der Waals surface area contributed by atoms with E-state index in [4.69, 9.17) is 0 Å². The van der Waals surface area contributed by atoms with E-state index in [2.05, 4.69) is 27.9 Å². The number of nitrogens with zero attached hydrogens (tertiary/aromatic N) is 3. The van der Waals surface area contributed by atoms with Crippen LogP contribution in [0, 0.1) is 13.8 Å². The third-order valence-corrected chi connectivity index (χ3v) is 4.45. The molecule has 0 radical (unpaired) electrons. The molecule has 7 heteroatoms. The molecule has 28 heavy (non-hydrogen) atoms. The second kappa shape index (κ2) is 10.0. The van der Waals surface area contributed by atoms with E-state index in [0.717, 1.165) is 17.0 Å². The van der Waals surface area contributed by atoms with Crippen molar-refractivity contribution in [1.82, 2.24) is 25.3 Å². The van der Waals surface area contributed by atoms with Crippen LogP contribution >= 0.6 is 0 Å². The van der Waals surface area contributed by atoms with Crippen molar-refractivity contribution >= 4 is 11.8 Å². The maximum Gasteiger partial charge on any atom is 0.234 e. The van der Waals surface area contributed by atoms with Crippen molar-refractivity contribution in [3.8, 4) is 0 Å². The van der Waals surface area contributed by atoms with Gasteiger partial charge in [0, 0.05) is 23.8 Å². The Hall–Kier alpha value is -2.67. The topological polar surface area (TPSA) is 79.3 Å². The van der Waals surface area contributed by atoms with Gasteiger partial charge < -0.3 is 10.6 Å². The van der Waals surface area contributed by atoms with E-state index >= 15 is 0 Å². The number of nitrogens with one attached hydrogen (secondary N) is 2. The Morgan fingerprint density at radius 3 is 2.39 bits per heavy atom. The number of carbonyl (C=O) groups excluding carboxylic acids is 2. The van der Waals surface area contributed by atoms with Gasteiger partial charge in [0.2, 0.25) is 11.8 Å². The first-order chi connectivity index (χ1) is 13.3. The lowest BCUT2D eigenvalue weighted by atomic mass is 10.2. The summed E-state index contributed by atoms with van der Waals surface area (Å²) >= 11 is 0. The lowest BCUT2D eigenvalue weighted by Crippen LogP contribution is -2.42. The SMILES string of the molecule is Cc1nn(Cc2ccccc2)c(C)c1CNC(=O)CN(C)CC(=O)NC(C)C. The number of benzene rings is 1. The number of hydrogen-bond donors (Lipinski definition) is 2. The fourth-order valence-electron chi connectivity index (χ4n) is 3.06. The van der Waals surface area contributed by atoms with Gasteiger partial charge >= 0.3 is 0 Å². The molecule has 1 aromatic heterocycles. The monoisotopic (exact) mass is 385 g/mol. The molecular weight excluding hydrogens is 354 g/mol. The molecule has 0 fully saturated rings. The zero-order valence-electron chi connectivity index (χ0n) is 17.5. The first-order valence-electron chi connectivity index (χ1n) is 9.57. The fourth-order valence-corrected chi connectivity index (χ4v) is 3.06. The molecule has 1 heterocycles. The average molecular weight is 386 g/mol. The third kappa shape index (κ3) is 6.49. The Morgan fingerprint density at radius 2 is 1.75 bits per heavy atom. The van der Waals surface area contributed by atoms with E-state index < -0.39 is 0 Å². The minimum absolute atomic E-state index is 0.0841. The quantitative estimate of drug-likeness (QED) is 0.688. The maximum absolute atomic E-state index is 12.2. The number of aryl methyl sites for hydroxylation is 1. The highest BCUT2D eigenvalue weighted by molar-refractivity contribution is 5.81. The van der Waals surface area contributed by atoms with Crippen LogP contribution in [-0.4, -0.2) is 52.7 Å². The number of amides is 2. The van der Waals surface area contributed by atoms with Gasteiger partial charge in [0.1, 0.15) is 0 Å². The van der Waals surface area contributed by atoms with E-state index in [9.17, 15) is 9.59 Å². The second-order valence-corrected chi connectivity index (χ2v) is 7.46. The minimum atomic E-state index is -0.116. The second-order valence-electron chi connectivity index (χ2n) is 7.46. The predicted molar refractivity (Wildman–Crippen MR) is 110 cm³/mol. The molecule has 0 aliphatic carbocycles. The molecule has 0 atom stereocenters. The molecule has 2 N–H and O–H groups in total. The Balaban J connectivity index is 1.88. The number of hydrogen-bond acceptors (Lipinski definition) is 4. The molecular formula is C21H31N5O2. The number of carbonyl (C=O) groups is 2. The van der Waals surface area contributed by atoms with E-state index in [1.165, 1.54) is 5.56 Å². The molecule has 2 aromatic rings. The van der Waals surface area contributed by atoms with Crippen molar-refractivity contribution in [3.63, 3.8) is 0 Å². The van der Waals surface area contributed by atoms with Crippen LogP contribution in [0.3, 0.4) is 0 Å². The van der Waals surface area contributed by atoms with Crippen LogP contribution in [-0.2, 0) is 22.7 Å². The van der Waals surface area contributed by atoms with E-state index in [0.29, 0.717) is 13.1 Å². The van der Waals surface area contributed by atoms with E-state index in [1.54, 1.807) is 11.9 Å². The van der Waals surface area contributed by atoms with Crippen molar-refractivity contribution in [2.45, 2.75) is 46.8 Å².